The van der Waals surface area contributed by atoms with Gasteiger partial charge in [-0.25, -0.2) is 0 Å². The van der Waals surface area contributed by atoms with Crippen LogP contribution in [0.1, 0.15) is 31.4 Å². The topological polar surface area (TPSA) is 79.6 Å². The Balaban J connectivity index is 1.73. The summed E-state index contributed by atoms with van der Waals surface area (Å²) in [6, 6.07) is 2.77. The highest BCUT2D eigenvalue weighted by atomic mass is 32.2. The first-order chi connectivity index (χ1) is 11.6. The highest BCUT2D eigenvalue weighted by Crippen LogP contribution is 2.39. The maximum atomic E-state index is 12.7. The normalized spacial score (nSPS) is 24.8. The lowest BCUT2D eigenvalue weighted by atomic mass is 9.81. The molecule has 1 saturated heterocycles. The number of hydrogen-bond acceptors (Lipinski definition) is 5. The van der Waals surface area contributed by atoms with Crippen LogP contribution in [0.2, 0.25) is 0 Å². The molecule has 6 nitrogen and oxygen atoms in total. The molecule has 2 heterocycles. The number of amides is 3. The lowest BCUT2D eigenvalue weighted by Crippen LogP contribution is -2.51. The van der Waals surface area contributed by atoms with Gasteiger partial charge in [-0.1, -0.05) is 12.8 Å². The van der Waals surface area contributed by atoms with E-state index in [0.717, 1.165) is 25.7 Å². The van der Waals surface area contributed by atoms with Crippen molar-refractivity contribution in [3.8, 4) is 0 Å². The van der Waals surface area contributed by atoms with E-state index in [2.05, 4.69) is 5.32 Å². The van der Waals surface area contributed by atoms with Gasteiger partial charge in [0.25, 0.3) is 0 Å². The number of thioether (sulfide) groups is 1. The largest absolute Gasteiger partial charge is 0.467 e. The Morgan fingerprint density at radius 3 is 2.54 bits per heavy atom. The van der Waals surface area contributed by atoms with Crippen molar-refractivity contribution in [2.24, 2.45) is 11.8 Å². The van der Waals surface area contributed by atoms with E-state index >= 15 is 0 Å². The lowest BCUT2D eigenvalue weighted by Gasteiger charge is -2.25. The molecule has 1 aliphatic carbocycles. The number of likely N-dealkylation sites (tertiary alicyclic amines) is 1. The molecule has 7 heteroatoms. The molecule has 0 aromatic carbocycles. The van der Waals surface area contributed by atoms with Crippen molar-refractivity contribution in [3.05, 3.63) is 24.2 Å². The van der Waals surface area contributed by atoms with Crippen molar-refractivity contribution in [2.45, 2.75) is 38.3 Å². The zero-order chi connectivity index (χ0) is 17.1. The van der Waals surface area contributed by atoms with E-state index in [-0.39, 0.29) is 36.1 Å². The number of hydrogen-bond donors (Lipinski definition) is 1. The summed E-state index contributed by atoms with van der Waals surface area (Å²) in [7, 11) is 0. The number of carbonyl (C=O) groups excluding carboxylic acids is 3. The van der Waals surface area contributed by atoms with Crippen LogP contribution in [0.4, 0.5) is 0 Å². The van der Waals surface area contributed by atoms with E-state index in [1.54, 1.807) is 18.4 Å². The first kappa shape index (κ1) is 17.1. The van der Waals surface area contributed by atoms with Gasteiger partial charge < -0.3 is 9.73 Å². The van der Waals surface area contributed by atoms with Gasteiger partial charge in [-0.2, -0.15) is 11.8 Å². The summed E-state index contributed by atoms with van der Waals surface area (Å²) >= 11 is 1.46. The Hall–Kier alpha value is -1.76. The van der Waals surface area contributed by atoms with E-state index in [4.69, 9.17) is 4.42 Å². The maximum Gasteiger partial charge on any atom is 0.244 e. The average Bonchev–Trinajstić information content (AvgIpc) is 3.19. The minimum atomic E-state index is -0.749. The van der Waals surface area contributed by atoms with Crippen LogP contribution in [-0.2, 0) is 20.9 Å². The fourth-order valence-corrected chi connectivity index (χ4v) is 4.24. The smallest absolute Gasteiger partial charge is 0.244 e. The van der Waals surface area contributed by atoms with Gasteiger partial charge >= 0.3 is 0 Å². The fourth-order valence-electron chi connectivity index (χ4n) is 3.63. The second-order valence-corrected chi connectivity index (χ2v) is 7.22. The summed E-state index contributed by atoms with van der Waals surface area (Å²) in [5.74, 6) is -0.0585. The third kappa shape index (κ3) is 3.22. The zero-order valence-electron chi connectivity index (χ0n) is 13.7. The third-order valence-corrected chi connectivity index (χ3v) is 5.48. The molecule has 1 aromatic rings. The van der Waals surface area contributed by atoms with E-state index in [0.29, 0.717) is 11.5 Å². The van der Waals surface area contributed by atoms with Crippen molar-refractivity contribution in [2.75, 3.05) is 12.0 Å². The average molecular weight is 350 g/mol. The van der Waals surface area contributed by atoms with Gasteiger partial charge in [0.15, 0.2) is 0 Å². The van der Waals surface area contributed by atoms with E-state index < -0.39 is 6.04 Å². The predicted octanol–water partition coefficient (Wildman–Crippen LogP) is 1.80. The Morgan fingerprint density at radius 1 is 1.33 bits per heavy atom. The SMILES string of the molecule is CSC[C@H](C(=O)NCc1ccco1)N1C(=O)[C@H]2CCCC[C@H]2C1=O. The van der Waals surface area contributed by atoms with Gasteiger partial charge in [0, 0.05) is 5.75 Å². The second-order valence-electron chi connectivity index (χ2n) is 6.31. The molecule has 1 saturated carbocycles. The molecule has 3 amide bonds. The first-order valence-electron chi connectivity index (χ1n) is 8.29. The van der Waals surface area contributed by atoms with Crippen LogP contribution < -0.4 is 5.32 Å². The van der Waals surface area contributed by atoms with Crippen LogP contribution in [0.15, 0.2) is 22.8 Å². The van der Waals surface area contributed by atoms with E-state index in [1.807, 2.05) is 6.26 Å². The zero-order valence-corrected chi connectivity index (χ0v) is 14.5. The predicted molar refractivity (Wildman–Crippen MR) is 90.0 cm³/mol. The Kier molecular flexibility index (Phi) is 5.28. The molecule has 0 bridgehead atoms. The molecule has 130 valence electrons. The van der Waals surface area contributed by atoms with E-state index in [9.17, 15) is 14.4 Å². The number of rotatable bonds is 6. The standard InChI is InChI=1S/C17H22N2O4S/c1-24-10-14(15(20)18-9-11-5-4-8-23-11)19-16(21)12-6-2-3-7-13(12)17(19)22/h4-5,8,12-14H,2-3,6-7,9-10H2,1H3,(H,18,20)/t12-,13+,14-/m1/s1. The second kappa shape index (κ2) is 7.42. The van der Waals surface area contributed by atoms with Crippen LogP contribution in [0.25, 0.3) is 0 Å². The molecule has 1 aromatic heterocycles. The molecule has 3 atom stereocenters. The summed E-state index contributed by atoms with van der Waals surface area (Å²) in [6.45, 7) is 0.250. The number of carbonyl (C=O) groups is 3. The van der Waals surface area contributed by atoms with Crippen LogP contribution >= 0.6 is 11.8 Å². The van der Waals surface area contributed by atoms with Crippen molar-refractivity contribution in [1.82, 2.24) is 10.2 Å². The van der Waals surface area contributed by atoms with Crippen molar-refractivity contribution in [1.29, 1.82) is 0 Å². The molecule has 24 heavy (non-hydrogen) atoms. The number of fused-ring (bicyclic) bond motifs is 1. The molecule has 1 N–H and O–H groups in total. The molecule has 3 rings (SSSR count). The van der Waals surface area contributed by atoms with Crippen molar-refractivity contribution >= 4 is 29.5 Å². The van der Waals surface area contributed by atoms with Crippen LogP contribution in [0.3, 0.4) is 0 Å². The van der Waals surface area contributed by atoms with Gasteiger partial charge in [0.05, 0.1) is 24.6 Å². The highest BCUT2D eigenvalue weighted by Gasteiger charge is 2.51. The lowest BCUT2D eigenvalue weighted by molar-refractivity contribution is -0.147. The molecule has 1 aliphatic heterocycles. The van der Waals surface area contributed by atoms with Crippen molar-refractivity contribution in [3.63, 3.8) is 0 Å². The minimum absolute atomic E-state index is 0.170. The van der Waals surface area contributed by atoms with Gasteiger partial charge in [-0.05, 0) is 31.2 Å². The molecule has 2 fully saturated rings. The van der Waals surface area contributed by atoms with Crippen LogP contribution in [0.5, 0.6) is 0 Å². The number of furan rings is 1. The quantitative estimate of drug-likeness (QED) is 0.792. The third-order valence-electron chi connectivity index (χ3n) is 4.83. The summed E-state index contributed by atoms with van der Waals surface area (Å²) < 4.78 is 5.20. The molecule has 0 unspecified atom stereocenters. The monoisotopic (exact) mass is 350 g/mol. The Morgan fingerprint density at radius 2 is 2.00 bits per heavy atom. The Labute approximate surface area is 145 Å². The molecule has 0 spiro atoms. The van der Waals surface area contributed by atoms with Gasteiger partial charge in [0.1, 0.15) is 11.8 Å². The van der Waals surface area contributed by atoms with Gasteiger partial charge in [-0.3, -0.25) is 19.3 Å². The van der Waals surface area contributed by atoms with Gasteiger partial charge in [-0.15, -0.1) is 0 Å². The minimum Gasteiger partial charge on any atom is -0.467 e. The fraction of sp³-hybridized carbons (Fsp3) is 0.588. The van der Waals surface area contributed by atoms with Crippen molar-refractivity contribution < 1.29 is 18.8 Å². The van der Waals surface area contributed by atoms with Gasteiger partial charge in [0.2, 0.25) is 17.7 Å². The number of imide groups is 1. The first-order valence-corrected chi connectivity index (χ1v) is 9.68. The summed E-state index contributed by atoms with van der Waals surface area (Å²) in [4.78, 5) is 39.2. The highest BCUT2D eigenvalue weighted by molar-refractivity contribution is 7.98. The summed E-state index contributed by atoms with van der Waals surface area (Å²) in [6.07, 6.45) is 6.87. The summed E-state index contributed by atoms with van der Waals surface area (Å²) in [5.41, 5.74) is 0. The maximum absolute atomic E-state index is 12.7. The Bertz CT molecular complexity index is 592. The van der Waals surface area contributed by atoms with Crippen LogP contribution in [0, 0.1) is 11.8 Å². The molecule has 0 radical (unpaired) electrons. The van der Waals surface area contributed by atoms with Crippen LogP contribution in [-0.4, -0.2) is 40.7 Å². The number of nitrogens with one attached hydrogen (secondary N) is 1. The molecule has 2 aliphatic rings. The molecular formula is C17H22N2O4S. The number of nitrogens with zero attached hydrogens (tertiary/aromatic N) is 1. The molecular weight excluding hydrogens is 328 g/mol. The van der Waals surface area contributed by atoms with E-state index in [1.165, 1.54) is 16.7 Å². The summed E-state index contributed by atoms with van der Waals surface area (Å²) in [5, 5.41) is 2.78.